The Morgan fingerprint density at radius 3 is 1.83 bits per heavy atom. The highest BCUT2D eigenvalue weighted by atomic mass is 15.2. The summed E-state index contributed by atoms with van der Waals surface area (Å²) in [6, 6.07) is 52.9. The van der Waals surface area contributed by atoms with Crippen LogP contribution in [0.4, 0.5) is 28.4 Å². The predicted molar refractivity (Wildman–Crippen MR) is 198 cm³/mol. The second-order valence-electron chi connectivity index (χ2n) is 12.9. The van der Waals surface area contributed by atoms with Crippen molar-refractivity contribution in [2.24, 2.45) is 5.92 Å². The fourth-order valence-corrected chi connectivity index (χ4v) is 8.29. The van der Waals surface area contributed by atoms with Gasteiger partial charge in [0.05, 0.1) is 6.04 Å². The van der Waals surface area contributed by atoms with Gasteiger partial charge in [0.25, 0.3) is 0 Å². The van der Waals surface area contributed by atoms with E-state index >= 15 is 0 Å². The van der Waals surface area contributed by atoms with Crippen LogP contribution in [-0.2, 0) is 0 Å². The van der Waals surface area contributed by atoms with Crippen LogP contribution in [0.25, 0.3) is 0 Å². The topological polar surface area (TPSA) is 9.72 Å². The molecule has 5 aromatic carbocycles. The van der Waals surface area contributed by atoms with Crippen LogP contribution in [0.15, 0.2) is 192 Å². The van der Waals surface area contributed by atoms with Crippen molar-refractivity contribution in [1.29, 1.82) is 0 Å². The Bertz CT molecular complexity index is 2030. The van der Waals surface area contributed by atoms with Crippen molar-refractivity contribution >= 4 is 40.6 Å². The van der Waals surface area contributed by atoms with E-state index in [9.17, 15) is 0 Å². The zero-order valence-corrected chi connectivity index (χ0v) is 26.6. The van der Waals surface area contributed by atoms with Gasteiger partial charge in [-0.3, -0.25) is 0 Å². The van der Waals surface area contributed by atoms with E-state index in [2.05, 4.69) is 185 Å². The molecular formula is C43H36BN3. The molecule has 0 N–H and O–H groups in total. The molecule has 0 fully saturated rings. The molecular weight excluding hydrogens is 569 g/mol. The monoisotopic (exact) mass is 605 g/mol. The lowest BCUT2D eigenvalue weighted by atomic mass is 9.29. The maximum Gasteiger partial charge on any atom is 0.247 e. The minimum Gasteiger partial charge on any atom is -0.334 e. The van der Waals surface area contributed by atoms with Crippen molar-refractivity contribution in [3.8, 4) is 0 Å². The Morgan fingerprint density at radius 1 is 0.638 bits per heavy atom. The number of anilines is 5. The van der Waals surface area contributed by atoms with Crippen LogP contribution in [-0.4, -0.2) is 12.8 Å². The number of allylic oxidation sites excluding steroid dienone is 4. The molecule has 0 aromatic heterocycles. The van der Waals surface area contributed by atoms with Gasteiger partial charge in [-0.05, 0) is 90.0 Å². The molecule has 3 nitrogen and oxygen atoms in total. The van der Waals surface area contributed by atoms with Gasteiger partial charge in [0.15, 0.2) is 0 Å². The summed E-state index contributed by atoms with van der Waals surface area (Å²) in [7, 11) is 0. The molecule has 0 bridgehead atoms. The molecule has 2 unspecified atom stereocenters. The minimum absolute atomic E-state index is 0.0732. The first-order chi connectivity index (χ1) is 23.3. The molecule has 0 spiro atoms. The van der Waals surface area contributed by atoms with Gasteiger partial charge in [0.1, 0.15) is 0 Å². The first kappa shape index (κ1) is 27.8. The van der Waals surface area contributed by atoms with Crippen LogP contribution < -0.4 is 20.2 Å². The van der Waals surface area contributed by atoms with Crippen molar-refractivity contribution in [3.63, 3.8) is 0 Å². The van der Waals surface area contributed by atoms with Gasteiger partial charge in [-0.15, -0.1) is 0 Å². The van der Waals surface area contributed by atoms with Crippen molar-refractivity contribution in [1.82, 2.24) is 0 Å². The normalized spacial score (nSPS) is 19.6. The Morgan fingerprint density at radius 2 is 1.19 bits per heavy atom. The van der Waals surface area contributed by atoms with E-state index in [-0.39, 0.29) is 12.8 Å². The van der Waals surface area contributed by atoms with Crippen molar-refractivity contribution in [3.05, 3.63) is 192 Å². The fourth-order valence-electron chi connectivity index (χ4n) is 8.29. The average molecular weight is 606 g/mol. The highest BCUT2D eigenvalue weighted by Crippen LogP contribution is 2.51. The Kier molecular flexibility index (Phi) is 6.74. The van der Waals surface area contributed by atoms with Crippen LogP contribution in [0.3, 0.4) is 0 Å². The fraction of sp³-hybridized carbons (Fsp3) is 0.116. The number of hydrogen-bond donors (Lipinski definition) is 0. The summed E-state index contributed by atoms with van der Waals surface area (Å²) in [6.07, 6.45) is 9.28. The molecule has 4 heteroatoms. The number of benzene rings is 5. The standard InChI is InChI=1S/C43H36BN3/c1-31-17-16-28-39-42(31)44-37-26-14-15-27-38(37)46(34-22-10-4-11-23-34)40-29-36(30-41(43(40)44)47(39)35-24-12-5-13-25-35)45(32-18-6-2-7-19-32)33-20-8-3-9-21-33/h2-16,18-29,31,36H,17,30H2,1H3. The molecule has 2 atom stereocenters. The van der Waals surface area contributed by atoms with E-state index in [0.717, 1.165) is 12.8 Å². The molecule has 2 aliphatic heterocycles. The molecule has 4 aliphatic rings. The van der Waals surface area contributed by atoms with E-state index in [1.807, 2.05) is 0 Å². The first-order valence-corrected chi connectivity index (χ1v) is 16.8. The molecule has 226 valence electrons. The average Bonchev–Trinajstić information content (AvgIpc) is 3.13. The van der Waals surface area contributed by atoms with E-state index in [4.69, 9.17) is 0 Å². The van der Waals surface area contributed by atoms with Crippen LogP contribution in [0.2, 0.25) is 0 Å². The SMILES string of the molecule is CC1CC=CC2=C1B1C3=C(CC(N(c4ccccc4)c4ccccc4)C=C3N(c3ccccc3)c3ccccc31)N2c1ccccc1. The Balaban J connectivity index is 1.35. The summed E-state index contributed by atoms with van der Waals surface area (Å²) in [5.41, 5.74) is 14.4. The van der Waals surface area contributed by atoms with E-state index in [0.29, 0.717) is 5.92 Å². The molecule has 9 rings (SSSR count). The van der Waals surface area contributed by atoms with Crippen molar-refractivity contribution < 1.29 is 0 Å². The number of fused-ring (bicyclic) bond motifs is 3. The molecule has 0 saturated carbocycles. The maximum atomic E-state index is 2.60. The molecule has 0 amide bonds. The number of nitrogens with zero attached hydrogens (tertiary/aromatic N) is 3. The number of hydrogen-bond acceptors (Lipinski definition) is 3. The van der Waals surface area contributed by atoms with Gasteiger partial charge >= 0.3 is 0 Å². The van der Waals surface area contributed by atoms with Gasteiger partial charge in [-0.25, -0.2) is 0 Å². The zero-order valence-electron chi connectivity index (χ0n) is 26.6. The van der Waals surface area contributed by atoms with Crippen LogP contribution >= 0.6 is 0 Å². The predicted octanol–water partition coefficient (Wildman–Crippen LogP) is 9.74. The van der Waals surface area contributed by atoms with Gasteiger partial charge in [0.2, 0.25) is 6.71 Å². The van der Waals surface area contributed by atoms with Gasteiger partial charge in [0, 0.05) is 51.9 Å². The summed E-state index contributed by atoms with van der Waals surface area (Å²) in [5, 5.41) is 0. The third-order valence-corrected chi connectivity index (χ3v) is 10.2. The molecule has 2 aliphatic carbocycles. The highest BCUT2D eigenvalue weighted by molar-refractivity contribution is 6.89. The van der Waals surface area contributed by atoms with Crippen LogP contribution in [0, 0.1) is 5.92 Å². The largest absolute Gasteiger partial charge is 0.334 e. The van der Waals surface area contributed by atoms with E-state index in [1.165, 1.54) is 61.9 Å². The second kappa shape index (κ2) is 11.4. The lowest BCUT2D eigenvalue weighted by Crippen LogP contribution is -2.54. The van der Waals surface area contributed by atoms with Gasteiger partial charge < -0.3 is 14.7 Å². The van der Waals surface area contributed by atoms with Crippen LogP contribution in [0.1, 0.15) is 19.8 Å². The summed E-state index contributed by atoms with van der Waals surface area (Å²) >= 11 is 0. The zero-order chi connectivity index (χ0) is 31.3. The van der Waals surface area contributed by atoms with Crippen molar-refractivity contribution in [2.45, 2.75) is 25.8 Å². The molecule has 47 heavy (non-hydrogen) atoms. The third kappa shape index (κ3) is 4.51. The Hall–Kier alpha value is -5.48. The summed E-state index contributed by atoms with van der Waals surface area (Å²) in [4.78, 5) is 7.65. The molecule has 0 radical (unpaired) electrons. The summed E-state index contributed by atoms with van der Waals surface area (Å²) < 4.78 is 0. The van der Waals surface area contributed by atoms with E-state index < -0.39 is 0 Å². The first-order valence-electron chi connectivity index (χ1n) is 16.8. The van der Waals surface area contributed by atoms with Crippen LogP contribution in [0.5, 0.6) is 0 Å². The smallest absolute Gasteiger partial charge is 0.247 e. The second-order valence-corrected chi connectivity index (χ2v) is 12.9. The minimum atomic E-state index is 0.0732. The highest BCUT2D eigenvalue weighted by Gasteiger charge is 2.49. The maximum absolute atomic E-state index is 2.60. The lowest BCUT2D eigenvalue weighted by molar-refractivity contribution is 0.683. The van der Waals surface area contributed by atoms with Crippen molar-refractivity contribution in [2.75, 3.05) is 14.7 Å². The van der Waals surface area contributed by atoms with Gasteiger partial charge in [-0.1, -0.05) is 109 Å². The lowest BCUT2D eigenvalue weighted by Gasteiger charge is -2.51. The molecule has 5 aromatic rings. The third-order valence-electron chi connectivity index (χ3n) is 10.2. The molecule has 0 saturated heterocycles. The quantitative estimate of drug-likeness (QED) is 0.185. The number of rotatable bonds is 5. The molecule has 2 heterocycles. The number of para-hydroxylation sites is 5. The summed E-state index contributed by atoms with van der Waals surface area (Å²) in [5.74, 6) is 0.431. The Labute approximate surface area is 278 Å². The van der Waals surface area contributed by atoms with Gasteiger partial charge in [-0.2, -0.15) is 0 Å². The van der Waals surface area contributed by atoms with E-state index in [1.54, 1.807) is 0 Å². The summed E-state index contributed by atoms with van der Waals surface area (Å²) in [6.45, 7) is 2.62.